The summed E-state index contributed by atoms with van der Waals surface area (Å²) in [5.41, 5.74) is 3.22. The van der Waals surface area contributed by atoms with Gasteiger partial charge in [-0.3, -0.25) is 4.79 Å². The Balaban J connectivity index is 1.49. The summed E-state index contributed by atoms with van der Waals surface area (Å²) in [6.07, 6.45) is 4.51. The van der Waals surface area contributed by atoms with Gasteiger partial charge in [0.05, 0.1) is 26.4 Å². The van der Waals surface area contributed by atoms with Crippen LogP contribution in [0.4, 0.5) is 5.82 Å². The van der Waals surface area contributed by atoms with Gasteiger partial charge in [0, 0.05) is 32.8 Å². The number of ether oxygens (including phenoxy) is 3. The number of anilines is 1. The van der Waals surface area contributed by atoms with E-state index in [1.807, 2.05) is 18.3 Å². The van der Waals surface area contributed by atoms with E-state index in [0.29, 0.717) is 6.54 Å². The first-order valence-corrected chi connectivity index (χ1v) is 10.4. The van der Waals surface area contributed by atoms with E-state index in [0.717, 1.165) is 61.8 Å². The molecule has 1 aromatic carbocycles. The molecule has 2 aliphatic heterocycles. The minimum absolute atomic E-state index is 0.0394. The second-order valence-corrected chi connectivity index (χ2v) is 7.88. The first kappa shape index (κ1) is 20.5. The number of nitrogens with zero attached hydrogens (tertiary/aromatic N) is 2. The van der Waals surface area contributed by atoms with E-state index in [1.54, 1.807) is 14.2 Å². The van der Waals surface area contributed by atoms with E-state index >= 15 is 0 Å². The first-order chi connectivity index (χ1) is 14.5. The number of amides is 1. The van der Waals surface area contributed by atoms with E-state index in [9.17, 15) is 4.79 Å². The van der Waals surface area contributed by atoms with Crippen molar-refractivity contribution in [1.82, 2.24) is 10.3 Å². The molecule has 1 N–H and O–H groups in total. The summed E-state index contributed by atoms with van der Waals surface area (Å²) < 4.78 is 17.4. The predicted octanol–water partition coefficient (Wildman–Crippen LogP) is 2.80. The Labute approximate surface area is 177 Å². The van der Waals surface area contributed by atoms with Crippen molar-refractivity contribution in [2.45, 2.75) is 38.3 Å². The number of methoxy groups -OCH3 is 2. The molecule has 2 aromatic rings. The zero-order chi connectivity index (χ0) is 21.1. The lowest BCUT2D eigenvalue weighted by molar-refractivity contribution is -0.119. The zero-order valence-electron chi connectivity index (χ0n) is 17.9. The minimum Gasteiger partial charge on any atom is -0.493 e. The second-order valence-electron chi connectivity index (χ2n) is 7.88. The van der Waals surface area contributed by atoms with Gasteiger partial charge in [-0.2, -0.15) is 0 Å². The van der Waals surface area contributed by atoms with E-state index in [2.05, 4.69) is 27.3 Å². The lowest BCUT2D eigenvalue weighted by atomic mass is 9.79. The Bertz CT molecular complexity index is 905. The molecule has 1 aromatic heterocycles. The van der Waals surface area contributed by atoms with Crippen LogP contribution < -0.4 is 19.7 Å². The molecule has 0 saturated carbocycles. The van der Waals surface area contributed by atoms with Crippen LogP contribution in [0.25, 0.3) is 0 Å². The van der Waals surface area contributed by atoms with Gasteiger partial charge in [0.2, 0.25) is 5.91 Å². The summed E-state index contributed by atoms with van der Waals surface area (Å²) in [4.78, 5) is 18.0. The molecule has 1 saturated heterocycles. The minimum atomic E-state index is -0.283. The molecule has 0 atom stereocenters. The van der Waals surface area contributed by atoms with Gasteiger partial charge in [0.15, 0.2) is 11.5 Å². The topological polar surface area (TPSA) is 72.9 Å². The Kier molecular flexibility index (Phi) is 5.81. The maximum Gasteiger partial charge on any atom is 0.217 e. The van der Waals surface area contributed by atoms with Crippen LogP contribution in [0.5, 0.6) is 11.5 Å². The number of nitrogens with one attached hydrogen (secondary N) is 1. The maximum absolute atomic E-state index is 11.1. The number of hydrogen-bond acceptors (Lipinski definition) is 6. The van der Waals surface area contributed by atoms with E-state index in [4.69, 9.17) is 14.2 Å². The van der Waals surface area contributed by atoms with Gasteiger partial charge in [-0.15, -0.1) is 0 Å². The summed E-state index contributed by atoms with van der Waals surface area (Å²) in [7, 11) is 3.34. The second kappa shape index (κ2) is 8.52. The molecule has 4 rings (SSSR count). The molecule has 30 heavy (non-hydrogen) atoms. The zero-order valence-corrected chi connectivity index (χ0v) is 17.9. The average Bonchev–Trinajstić information content (AvgIpc) is 2.78. The quantitative estimate of drug-likeness (QED) is 0.816. The predicted molar refractivity (Wildman–Crippen MR) is 114 cm³/mol. The van der Waals surface area contributed by atoms with Crippen molar-refractivity contribution in [3.8, 4) is 11.5 Å². The molecular formula is C23H29N3O4. The SMILES string of the molecule is COc1cc2c(cc1OC)C1(CCN(c3ccc(CNC(C)=O)cn3)CC1)OCC2. The van der Waals surface area contributed by atoms with Crippen molar-refractivity contribution in [3.63, 3.8) is 0 Å². The van der Waals surface area contributed by atoms with Crippen molar-refractivity contribution in [1.29, 1.82) is 0 Å². The fourth-order valence-electron chi connectivity index (χ4n) is 4.43. The number of piperidine rings is 1. The highest BCUT2D eigenvalue weighted by Gasteiger charge is 2.41. The standard InChI is InChI=1S/C23H29N3O4/c1-16(27)24-14-17-4-5-22(25-15-17)26-9-7-23(8-10-26)19-13-21(29-3)20(28-2)12-18(19)6-11-30-23/h4-5,12-13,15H,6-11,14H2,1-3H3,(H,24,27). The number of pyridine rings is 1. The largest absolute Gasteiger partial charge is 0.493 e. The maximum atomic E-state index is 11.1. The van der Waals surface area contributed by atoms with Crippen LogP contribution >= 0.6 is 0 Å². The van der Waals surface area contributed by atoms with Gasteiger partial charge in [0.1, 0.15) is 5.82 Å². The number of carbonyl (C=O) groups excluding carboxylic acids is 1. The molecule has 0 aliphatic carbocycles. The number of rotatable bonds is 5. The number of benzene rings is 1. The van der Waals surface area contributed by atoms with Gasteiger partial charge in [-0.05, 0) is 54.2 Å². The average molecular weight is 412 g/mol. The molecule has 0 radical (unpaired) electrons. The molecule has 2 aliphatic rings. The fourth-order valence-corrected chi connectivity index (χ4v) is 4.43. The number of hydrogen-bond donors (Lipinski definition) is 1. The Morgan fingerprint density at radius 2 is 1.93 bits per heavy atom. The summed E-state index contributed by atoms with van der Waals surface area (Å²) in [5.74, 6) is 2.44. The van der Waals surface area contributed by atoms with Gasteiger partial charge in [0.25, 0.3) is 0 Å². The Hall–Kier alpha value is -2.80. The number of aromatic nitrogens is 1. The third-order valence-corrected chi connectivity index (χ3v) is 6.10. The molecule has 1 amide bonds. The third kappa shape index (κ3) is 3.94. The Morgan fingerprint density at radius 3 is 2.57 bits per heavy atom. The number of fused-ring (bicyclic) bond motifs is 2. The summed E-state index contributed by atoms with van der Waals surface area (Å²) in [6.45, 7) is 4.47. The normalized spacial score (nSPS) is 17.4. The molecule has 160 valence electrons. The smallest absolute Gasteiger partial charge is 0.217 e. The molecule has 1 spiro atoms. The summed E-state index contributed by atoms with van der Waals surface area (Å²) >= 11 is 0. The molecular weight excluding hydrogens is 382 g/mol. The summed E-state index contributed by atoms with van der Waals surface area (Å²) in [6, 6.07) is 8.24. The van der Waals surface area contributed by atoms with Crippen molar-refractivity contribution < 1.29 is 19.0 Å². The molecule has 7 nitrogen and oxygen atoms in total. The van der Waals surface area contributed by atoms with Gasteiger partial charge >= 0.3 is 0 Å². The molecule has 0 bridgehead atoms. The monoisotopic (exact) mass is 411 g/mol. The molecule has 7 heteroatoms. The van der Waals surface area contributed by atoms with Crippen LogP contribution in [0.15, 0.2) is 30.5 Å². The molecule has 1 fully saturated rings. The van der Waals surface area contributed by atoms with Crippen molar-refractivity contribution >= 4 is 11.7 Å². The van der Waals surface area contributed by atoms with Crippen LogP contribution in [-0.4, -0.2) is 44.8 Å². The highest BCUT2D eigenvalue weighted by Crippen LogP contribution is 2.45. The van der Waals surface area contributed by atoms with E-state index in [1.165, 1.54) is 18.1 Å². The number of carbonyl (C=O) groups is 1. The van der Waals surface area contributed by atoms with Crippen LogP contribution in [0.1, 0.15) is 36.5 Å². The third-order valence-electron chi connectivity index (χ3n) is 6.10. The fraction of sp³-hybridized carbons (Fsp3) is 0.478. The Morgan fingerprint density at radius 1 is 1.20 bits per heavy atom. The first-order valence-electron chi connectivity index (χ1n) is 10.4. The van der Waals surface area contributed by atoms with Crippen LogP contribution in [0, 0.1) is 0 Å². The van der Waals surface area contributed by atoms with E-state index < -0.39 is 0 Å². The molecule has 0 unspecified atom stereocenters. The molecule has 3 heterocycles. The highest BCUT2D eigenvalue weighted by molar-refractivity contribution is 5.72. The van der Waals surface area contributed by atoms with Gasteiger partial charge in [-0.1, -0.05) is 6.07 Å². The lowest BCUT2D eigenvalue weighted by Crippen LogP contribution is -2.47. The van der Waals surface area contributed by atoms with Crippen LogP contribution in [0.3, 0.4) is 0 Å². The van der Waals surface area contributed by atoms with Crippen molar-refractivity contribution in [2.75, 3.05) is 38.8 Å². The lowest BCUT2D eigenvalue weighted by Gasteiger charge is -2.45. The van der Waals surface area contributed by atoms with Gasteiger partial charge < -0.3 is 24.4 Å². The van der Waals surface area contributed by atoms with Crippen molar-refractivity contribution in [2.24, 2.45) is 0 Å². The highest BCUT2D eigenvalue weighted by atomic mass is 16.5. The van der Waals surface area contributed by atoms with Gasteiger partial charge in [-0.25, -0.2) is 4.98 Å². The summed E-state index contributed by atoms with van der Waals surface area (Å²) in [5, 5.41) is 2.80. The van der Waals surface area contributed by atoms with Crippen LogP contribution in [0.2, 0.25) is 0 Å². The van der Waals surface area contributed by atoms with Crippen molar-refractivity contribution in [3.05, 3.63) is 47.2 Å². The van der Waals surface area contributed by atoms with Crippen LogP contribution in [-0.2, 0) is 28.1 Å². The van der Waals surface area contributed by atoms with E-state index in [-0.39, 0.29) is 11.5 Å².